The topological polar surface area (TPSA) is 97.1 Å². The first-order valence-corrected chi connectivity index (χ1v) is 7.41. The third kappa shape index (κ3) is 4.58. The van der Waals surface area contributed by atoms with Crippen molar-refractivity contribution in [2.45, 2.75) is 13.0 Å². The highest BCUT2D eigenvalue weighted by atomic mass is 35.5. The number of hydrogen-bond acceptors (Lipinski definition) is 3. The summed E-state index contributed by atoms with van der Waals surface area (Å²) in [5.41, 5.74) is 5.94. The Labute approximate surface area is 143 Å². The van der Waals surface area contributed by atoms with Crippen LogP contribution >= 0.6 is 23.2 Å². The van der Waals surface area contributed by atoms with Crippen LogP contribution in [0.2, 0.25) is 10.0 Å². The van der Waals surface area contributed by atoms with Gasteiger partial charge in [0.25, 0.3) is 5.91 Å². The van der Waals surface area contributed by atoms with E-state index < -0.39 is 11.9 Å². The quantitative estimate of drug-likeness (QED) is 0.786. The van der Waals surface area contributed by atoms with E-state index in [-0.39, 0.29) is 17.6 Å². The van der Waals surface area contributed by atoms with Crippen molar-refractivity contribution in [1.82, 2.24) is 10.3 Å². The number of carbonyl (C=O) groups is 2. The molecule has 3 amide bonds. The molecule has 0 aliphatic rings. The highest BCUT2D eigenvalue weighted by Crippen LogP contribution is 2.26. The third-order valence-corrected chi connectivity index (χ3v) is 3.58. The lowest BCUT2D eigenvalue weighted by atomic mass is 10.1. The van der Waals surface area contributed by atoms with Gasteiger partial charge in [0.05, 0.1) is 6.04 Å². The van der Waals surface area contributed by atoms with Gasteiger partial charge in [0.2, 0.25) is 0 Å². The minimum atomic E-state index is -0.671. The van der Waals surface area contributed by atoms with Gasteiger partial charge < -0.3 is 11.1 Å². The summed E-state index contributed by atoms with van der Waals surface area (Å²) in [6.07, 6.45) is 0. The maximum Gasteiger partial charge on any atom is 0.320 e. The van der Waals surface area contributed by atoms with Gasteiger partial charge >= 0.3 is 6.03 Å². The zero-order valence-electron chi connectivity index (χ0n) is 12.1. The van der Waals surface area contributed by atoms with Gasteiger partial charge in [-0.2, -0.15) is 0 Å². The van der Waals surface area contributed by atoms with Crippen molar-refractivity contribution < 1.29 is 9.59 Å². The second-order valence-corrected chi connectivity index (χ2v) is 5.60. The van der Waals surface area contributed by atoms with Crippen LogP contribution in [0.25, 0.3) is 0 Å². The first-order chi connectivity index (χ1) is 10.9. The smallest absolute Gasteiger partial charge is 0.320 e. The molecule has 0 spiro atoms. The van der Waals surface area contributed by atoms with E-state index in [4.69, 9.17) is 28.9 Å². The predicted molar refractivity (Wildman–Crippen MR) is 89.8 cm³/mol. The van der Waals surface area contributed by atoms with E-state index in [1.807, 2.05) is 0 Å². The number of anilines is 1. The van der Waals surface area contributed by atoms with Crippen LogP contribution in [0.1, 0.15) is 29.0 Å². The molecule has 120 valence electrons. The van der Waals surface area contributed by atoms with Gasteiger partial charge in [-0.15, -0.1) is 0 Å². The molecule has 0 fully saturated rings. The number of rotatable bonds is 4. The van der Waals surface area contributed by atoms with Crippen LogP contribution in [0.4, 0.5) is 10.6 Å². The van der Waals surface area contributed by atoms with Gasteiger partial charge in [-0.05, 0) is 36.8 Å². The van der Waals surface area contributed by atoms with Gasteiger partial charge in [-0.25, -0.2) is 9.78 Å². The molecule has 0 radical (unpaired) electrons. The fraction of sp³-hybridized carbons (Fsp3) is 0.133. The molecule has 1 aromatic heterocycles. The van der Waals surface area contributed by atoms with Crippen molar-refractivity contribution in [3.63, 3.8) is 0 Å². The third-order valence-electron chi connectivity index (χ3n) is 3.02. The Hall–Kier alpha value is -2.31. The summed E-state index contributed by atoms with van der Waals surface area (Å²) in [5.74, 6) is -0.455. The molecular formula is C15H14Cl2N4O2. The zero-order chi connectivity index (χ0) is 17.0. The van der Waals surface area contributed by atoms with Gasteiger partial charge in [-0.1, -0.05) is 35.3 Å². The van der Waals surface area contributed by atoms with Crippen molar-refractivity contribution in [3.05, 3.63) is 57.7 Å². The Balaban J connectivity index is 2.04. The lowest BCUT2D eigenvalue weighted by Crippen LogP contribution is -2.31. The number of benzene rings is 1. The number of hydrogen-bond donors (Lipinski definition) is 3. The number of halogens is 2. The summed E-state index contributed by atoms with van der Waals surface area (Å²) in [7, 11) is 0. The summed E-state index contributed by atoms with van der Waals surface area (Å²) < 4.78 is 0. The monoisotopic (exact) mass is 352 g/mol. The molecule has 4 N–H and O–H groups in total. The van der Waals surface area contributed by atoms with Crippen molar-refractivity contribution in [2.24, 2.45) is 5.73 Å². The normalized spacial score (nSPS) is 11.6. The molecule has 2 aromatic rings. The number of aromatic nitrogens is 1. The molecule has 1 heterocycles. The molecule has 2 rings (SSSR count). The van der Waals surface area contributed by atoms with E-state index >= 15 is 0 Å². The summed E-state index contributed by atoms with van der Waals surface area (Å²) in [4.78, 5) is 27.0. The molecule has 0 saturated heterocycles. The predicted octanol–water partition coefficient (Wildman–Crippen LogP) is 3.37. The zero-order valence-corrected chi connectivity index (χ0v) is 13.7. The second-order valence-electron chi connectivity index (χ2n) is 4.76. The Morgan fingerprint density at radius 1 is 1.22 bits per heavy atom. The second kappa shape index (κ2) is 7.30. The van der Waals surface area contributed by atoms with E-state index in [0.717, 1.165) is 5.56 Å². The van der Waals surface area contributed by atoms with E-state index in [0.29, 0.717) is 10.0 Å². The number of nitrogens with one attached hydrogen (secondary N) is 2. The Morgan fingerprint density at radius 3 is 2.61 bits per heavy atom. The minimum absolute atomic E-state index is 0.0663. The molecule has 0 unspecified atom stereocenters. The van der Waals surface area contributed by atoms with Crippen molar-refractivity contribution >= 4 is 41.0 Å². The molecule has 8 heteroatoms. The van der Waals surface area contributed by atoms with E-state index in [1.54, 1.807) is 37.3 Å². The Morgan fingerprint density at radius 2 is 1.96 bits per heavy atom. The Kier molecular flexibility index (Phi) is 5.41. The number of pyridine rings is 1. The number of nitrogens with two attached hydrogens (primary N) is 1. The van der Waals surface area contributed by atoms with Crippen molar-refractivity contribution in [1.29, 1.82) is 0 Å². The average Bonchev–Trinajstić information content (AvgIpc) is 2.47. The van der Waals surface area contributed by atoms with Crippen molar-refractivity contribution in [3.8, 4) is 0 Å². The summed E-state index contributed by atoms with van der Waals surface area (Å²) in [6, 6.07) is 8.78. The Bertz CT molecular complexity index is 752. The van der Waals surface area contributed by atoms with E-state index in [9.17, 15) is 9.59 Å². The number of nitrogens with zero attached hydrogens (tertiary/aromatic N) is 1. The fourth-order valence-corrected chi connectivity index (χ4v) is 2.49. The summed E-state index contributed by atoms with van der Waals surface area (Å²) in [6.45, 7) is 1.78. The molecule has 6 nitrogen and oxygen atoms in total. The lowest BCUT2D eigenvalue weighted by molar-refractivity contribution is 0.0995. The lowest BCUT2D eigenvalue weighted by Gasteiger charge is -2.16. The summed E-state index contributed by atoms with van der Waals surface area (Å²) in [5, 5.41) is 6.22. The van der Waals surface area contributed by atoms with Crippen LogP contribution in [0, 0.1) is 0 Å². The van der Waals surface area contributed by atoms with Gasteiger partial charge in [0.15, 0.2) is 0 Å². The highest BCUT2D eigenvalue weighted by Gasteiger charge is 2.14. The number of urea groups is 1. The molecule has 0 aliphatic carbocycles. The first kappa shape index (κ1) is 17.1. The first-order valence-electron chi connectivity index (χ1n) is 6.66. The fourth-order valence-electron chi connectivity index (χ4n) is 1.92. The van der Waals surface area contributed by atoms with Crippen LogP contribution in [0.15, 0.2) is 36.4 Å². The van der Waals surface area contributed by atoms with Crippen LogP contribution in [-0.2, 0) is 0 Å². The number of amides is 3. The highest BCUT2D eigenvalue weighted by molar-refractivity contribution is 6.35. The minimum Gasteiger partial charge on any atom is -0.364 e. The number of carbonyl (C=O) groups excluding carboxylic acids is 2. The SMILES string of the molecule is C[C@@H](NC(=O)Nc1cccc(C(N)=O)n1)c1ccc(Cl)cc1Cl. The van der Waals surface area contributed by atoms with Crippen LogP contribution in [0.5, 0.6) is 0 Å². The standard InChI is InChI=1S/C15H14Cl2N4O2/c1-8(10-6-5-9(16)7-11(10)17)19-15(23)21-13-4-2-3-12(20-13)14(18)22/h2-8H,1H3,(H2,18,22)(H2,19,20,21,23)/t8-/m1/s1. The van der Waals surface area contributed by atoms with Gasteiger partial charge in [0.1, 0.15) is 11.5 Å². The average molecular weight is 353 g/mol. The van der Waals surface area contributed by atoms with Crippen LogP contribution < -0.4 is 16.4 Å². The van der Waals surface area contributed by atoms with Gasteiger partial charge in [-0.3, -0.25) is 10.1 Å². The molecule has 0 bridgehead atoms. The molecule has 23 heavy (non-hydrogen) atoms. The molecular weight excluding hydrogens is 339 g/mol. The maximum absolute atomic E-state index is 12.0. The summed E-state index contributed by atoms with van der Waals surface area (Å²) >= 11 is 11.9. The molecule has 0 saturated carbocycles. The van der Waals surface area contributed by atoms with E-state index in [1.165, 1.54) is 6.07 Å². The molecule has 0 aliphatic heterocycles. The van der Waals surface area contributed by atoms with E-state index in [2.05, 4.69) is 15.6 Å². The number of primary amides is 1. The van der Waals surface area contributed by atoms with Crippen molar-refractivity contribution in [2.75, 3.05) is 5.32 Å². The van der Waals surface area contributed by atoms with Crippen LogP contribution in [0.3, 0.4) is 0 Å². The maximum atomic E-state index is 12.0. The molecule has 1 atom stereocenters. The van der Waals surface area contributed by atoms with Gasteiger partial charge in [0, 0.05) is 10.0 Å². The van der Waals surface area contributed by atoms with Crippen LogP contribution in [-0.4, -0.2) is 16.9 Å². The molecule has 1 aromatic carbocycles. The largest absolute Gasteiger partial charge is 0.364 e.